The summed E-state index contributed by atoms with van der Waals surface area (Å²) in [6.07, 6.45) is 0.0545. The molecule has 0 spiro atoms. The number of aliphatic hydroxyl groups is 1. The second kappa shape index (κ2) is 14.2. The summed E-state index contributed by atoms with van der Waals surface area (Å²) in [5, 5.41) is 12.2. The number of hydrogen-bond donors (Lipinski definition) is 1. The van der Waals surface area contributed by atoms with Crippen LogP contribution in [-0.2, 0) is 13.0 Å². The number of thiazole rings is 1. The quantitative estimate of drug-likeness (QED) is 0.163. The molecule has 1 N–H and O–H groups in total. The fourth-order valence-electron chi connectivity index (χ4n) is 4.76. The molecular weight excluding hydrogens is 548 g/mol. The number of aliphatic hydroxyl groups excluding tert-OH is 1. The predicted molar refractivity (Wildman–Crippen MR) is 170 cm³/mol. The molecule has 42 heavy (non-hydrogen) atoms. The summed E-state index contributed by atoms with van der Waals surface area (Å²) < 4.78 is 24.3. The normalized spacial score (nSPS) is 12.6. The van der Waals surface area contributed by atoms with Crippen molar-refractivity contribution < 1.29 is 24.1 Å². The van der Waals surface area contributed by atoms with Crippen LogP contribution in [-0.4, -0.2) is 53.5 Å². The van der Waals surface area contributed by atoms with E-state index in [-0.39, 0.29) is 11.7 Å². The van der Waals surface area contributed by atoms with Crippen LogP contribution in [0.1, 0.15) is 64.3 Å². The smallest absolute Gasteiger partial charge is 0.274 e. The second-order valence-corrected chi connectivity index (χ2v) is 12.6. The molecule has 226 valence electrons. The molecule has 0 amide bonds. The molecule has 1 heterocycles. The average Bonchev–Trinajstić information content (AvgIpc) is 3.35. The molecule has 3 aromatic carbocycles. The molecule has 0 aliphatic rings. The van der Waals surface area contributed by atoms with E-state index in [1.54, 1.807) is 7.11 Å². The highest BCUT2D eigenvalue weighted by Gasteiger charge is 2.24. The lowest BCUT2D eigenvalue weighted by atomic mass is 10.1. The van der Waals surface area contributed by atoms with Crippen LogP contribution in [0.25, 0.3) is 10.2 Å². The van der Waals surface area contributed by atoms with E-state index in [9.17, 15) is 5.11 Å². The van der Waals surface area contributed by atoms with Crippen molar-refractivity contribution in [3.63, 3.8) is 0 Å². The number of hydrogen-bond acceptors (Lipinski definition) is 8. The van der Waals surface area contributed by atoms with Gasteiger partial charge in [0.2, 0.25) is 0 Å². The molecule has 0 saturated carbocycles. The van der Waals surface area contributed by atoms with Crippen molar-refractivity contribution >= 4 is 21.6 Å². The molecule has 1 aromatic heterocycles. The Labute approximate surface area is 254 Å². The first kappa shape index (κ1) is 31.6. The summed E-state index contributed by atoms with van der Waals surface area (Å²) in [5.74, 6) is 2.16. The van der Waals surface area contributed by atoms with Gasteiger partial charge in [-0.3, -0.25) is 4.90 Å². The Morgan fingerprint density at radius 3 is 2.36 bits per heavy atom. The zero-order chi connectivity index (χ0) is 30.3. The lowest BCUT2D eigenvalue weighted by molar-refractivity contribution is 0.110. The van der Waals surface area contributed by atoms with E-state index in [0.29, 0.717) is 30.6 Å². The molecule has 7 nitrogen and oxygen atoms in total. The number of aromatic nitrogens is 1. The average molecular weight is 593 g/mol. The van der Waals surface area contributed by atoms with Gasteiger partial charge in [0.1, 0.15) is 16.9 Å². The zero-order valence-electron chi connectivity index (χ0n) is 25.8. The fraction of sp³-hybridized carbons (Fsp3) is 0.441. The maximum atomic E-state index is 11.7. The molecule has 0 saturated heterocycles. The summed E-state index contributed by atoms with van der Waals surface area (Å²) in [7, 11) is 1.66. The first-order valence-electron chi connectivity index (χ1n) is 14.6. The molecule has 0 aliphatic heterocycles. The molecular formula is C34H44N2O5S. The third kappa shape index (κ3) is 8.60. The summed E-state index contributed by atoms with van der Waals surface area (Å²) >= 11 is 1.45. The van der Waals surface area contributed by atoms with Gasteiger partial charge in [-0.15, -0.1) is 0 Å². The van der Waals surface area contributed by atoms with Crippen LogP contribution in [0.4, 0.5) is 0 Å². The van der Waals surface area contributed by atoms with Gasteiger partial charge in [0.15, 0.2) is 11.5 Å². The van der Waals surface area contributed by atoms with Crippen molar-refractivity contribution in [2.45, 2.75) is 72.3 Å². The minimum Gasteiger partial charge on any atom is -0.493 e. The van der Waals surface area contributed by atoms with Crippen molar-refractivity contribution in [2.24, 2.45) is 0 Å². The van der Waals surface area contributed by atoms with Gasteiger partial charge in [0.25, 0.3) is 5.19 Å². The van der Waals surface area contributed by atoms with E-state index in [2.05, 4.69) is 23.1 Å². The molecule has 0 aliphatic carbocycles. The van der Waals surface area contributed by atoms with Crippen LogP contribution in [0, 0.1) is 0 Å². The van der Waals surface area contributed by atoms with Gasteiger partial charge in [-0.2, -0.15) is 4.98 Å². The number of benzene rings is 3. The van der Waals surface area contributed by atoms with E-state index in [1.807, 2.05) is 84.0 Å². The lowest BCUT2D eigenvalue weighted by Gasteiger charge is -2.26. The van der Waals surface area contributed by atoms with Crippen LogP contribution < -0.4 is 18.9 Å². The van der Waals surface area contributed by atoms with Gasteiger partial charge in [0, 0.05) is 25.2 Å². The standard InChI is InChI=1S/C34H44N2O5S/c1-8-39-28-16-14-24(20-30(28)38-7)18-19-36(21-25-12-10-9-11-13-25)22-27(37)26-15-17-29(41-34(4,5)6)31-32(26)42-33(35-31)40-23(2)3/h9-17,20,23,27,37H,8,18-19,21-22H2,1-7H3. The SMILES string of the molecule is CCOc1ccc(CCN(Cc2ccccc2)CC(O)c2ccc(OC(C)(C)C)c3nc(OC(C)C)sc23)cc1OC. The number of rotatable bonds is 14. The minimum absolute atomic E-state index is 0.00601. The van der Waals surface area contributed by atoms with E-state index < -0.39 is 6.10 Å². The van der Waals surface area contributed by atoms with Crippen molar-refractivity contribution in [1.29, 1.82) is 0 Å². The third-order valence-corrected chi connectivity index (χ3v) is 7.55. The lowest BCUT2D eigenvalue weighted by Crippen LogP contribution is -2.30. The molecule has 1 atom stereocenters. The van der Waals surface area contributed by atoms with Crippen LogP contribution >= 0.6 is 11.3 Å². The number of nitrogens with zero attached hydrogens (tertiary/aromatic N) is 2. The summed E-state index contributed by atoms with van der Waals surface area (Å²) in [4.78, 5) is 7.06. The molecule has 8 heteroatoms. The van der Waals surface area contributed by atoms with Crippen LogP contribution in [0.3, 0.4) is 0 Å². The van der Waals surface area contributed by atoms with Gasteiger partial charge in [-0.05, 0) is 77.3 Å². The van der Waals surface area contributed by atoms with Gasteiger partial charge in [-0.25, -0.2) is 0 Å². The van der Waals surface area contributed by atoms with Crippen LogP contribution in [0.15, 0.2) is 60.7 Å². The Bertz CT molecular complexity index is 1430. The molecule has 1 unspecified atom stereocenters. The Hall–Kier alpha value is -3.33. The van der Waals surface area contributed by atoms with E-state index in [0.717, 1.165) is 45.8 Å². The molecule has 0 bridgehead atoms. The van der Waals surface area contributed by atoms with Gasteiger partial charge in [-0.1, -0.05) is 53.8 Å². The molecule has 0 fully saturated rings. The van der Waals surface area contributed by atoms with E-state index >= 15 is 0 Å². The summed E-state index contributed by atoms with van der Waals surface area (Å²) in [6.45, 7) is 14.5. The zero-order valence-corrected chi connectivity index (χ0v) is 26.7. The minimum atomic E-state index is -0.734. The first-order valence-corrected chi connectivity index (χ1v) is 15.4. The van der Waals surface area contributed by atoms with Crippen LogP contribution in [0.5, 0.6) is 22.4 Å². The monoisotopic (exact) mass is 592 g/mol. The molecule has 4 rings (SSSR count). The highest BCUT2D eigenvalue weighted by atomic mass is 32.1. The van der Waals surface area contributed by atoms with Crippen molar-refractivity contribution in [2.75, 3.05) is 26.8 Å². The fourth-order valence-corrected chi connectivity index (χ4v) is 5.88. The van der Waals surface area contributed by atoms with Crippen molar-refractivity contribution in [3.8, 4) is 22.4 Å². The van der Waals surface area contributed by atoms with Crippen molar-refractivity contribution in [3.05, 3.63) is 77.4 Å². The van der Waals surface area contributed by atoms with Gasteiger partial charge in [0.05, 0.1) is 30.6 Å². The number of ether oxygens (including phenoxy) is 4. The topological polar surface area (TPSA) is 73.3 Å². The number of methoxy groups -OCH3 is 1. The Morgan fingerprint density at radius 2 is 1.69 bits per heavy atom. The maximum absolute atomic E-state index is 11.7. The van der Waals surface area contributed by atoms with E-state index in [1.165, 1.54) is 16.9 Å². The highest BCUT2D eigenvalue weighted by Crippen LogP contribution is 2.40. The Kier molecular flexibility index (Phi) is 10.7. The van der Waals surface area contributed by atoms with Crippen molar-refractivity contribution in [1.82, 2.24) is 9.88 Å². The van der Waals surface area contributed by atoms with Gasteiger partial charge < -0.3 is 24.1 Å². The second-order valence-electron chi connectivity index (χ2n) is 11.6. The molecule has 4 aromatic rings. The van der Waals surface area contributed by atoms with Gasteiger partial charge >= 0.3 is 0 Å². The number of fused-ring (bicyclic) bond motifs is 1. The summed E-state index contributed by atoms with van der Waals surface area (Å²) in [6, 6.07) is 20.3. The molecule has 0 radical (unpaired) electrons. The maximum Gasteiger partial charge on any atom is 0.274 e. The van der Waals surface area contributed by atoms with E-state index in [4.69, 9.17) is 23.9 Å². The summed E-state index contributed by atoms with van der Waals surface area (Å²) in [5.41, 5.74) is 3.50. The third-order valence-electron chi connectivity index (χ3n) is 6.55. The highest BCUT2D eigenvalue weighted by molar-refractivity contribution is 7.20. The first-order chi connectivity index (χ1) is 20.1. The predicted octanol–water partition coefficient (Wildman–Crippen LogP) is 7.45. The Balaban J connectivity index is 1.60. The van der Waals surface area contributed by atoms with Crippen LogP contribution in [0.2, 0.25) is 0 Å². The largest absolute Gasteiger partial charge is 0.493 e. The Morgan fingerprint density at radius 1 is 0.952 bits per heavy atom.